The van der Waals surface area contributed by atoms with E-state index >= 15 is 0 Å². The summed E-state index contributed by atoms with van der Waals surface area (Å²) in [6.45, 7) is 3.16. The summed E-state index contributed by atoms with van der Waals surface area (Å²) in [6.07, 6.45) is 5.27. The van der Waals surface area contributed by atoms with E-state index in [2.05, 4.69) is 16.9 Å². The van der Waals surface area contributed by atoms with E-state index in [1.165, 1.54) is 0 Å². The second-order valence-electron chi connectivity index (χ2n) is 7.69. The first-order valence-electron chi connectivity index (χ1n) is 9.48. The Balaban J connectivity index is 1.65. The zero-order chi connectivity index (χ0) is 19.0. The summed E-state index contributed by atoms with van der Waals surface area (Å²) >= 11 is 0. The lowest BCUT2D eigenvalue weighted by Gasteiger charge is -2.32. The molecule has 1 atom stereocenters. The summed E-state index contributed by atoms with van der Waals surface area (Å²) in [5.41, 5.74) is 3.00. The molecule has 0 unspecified atom stereocenters. The van der Waals surface area contributed by atoms with Gasteiger partial charge < -0.3 is 14.7 Å². The number of hydrogen-bond donors (Lipinski definition) is 0. The fraction of sp³-hybridized carbons (Fsp3) is 0.500. The van der Waals surface area contributed by atoms with Crippen LogP contribution in [-0.4, -0.2) is 71.4 Å². The summed E-state index contributed by atoms with van der Waals surface area (Å²) in [7, 11) is 6.08. The average Bonchev–Trinajstić information content (AvgIpc) is 3.13. The summed E-state index contributed by atoms with van der Waals surface area (Å²) in [5, 5.41) is 0. The van der Waals surface area contributed by atoms with Gasteiger partial charge in [0.25, 0.3) is 0 Å². The number of amides is 1. The molecule has 0 radical (unpaired) electrons. The van der Waals surface area contributed by atoms with Crippen LogP contribution in [0.1, 0.15) is 17.7 Å². The van der Waals surface area contributed by atoms with Crippen LogP contribution < -0.4 is 4.90 Å². The standard InChI is InChI=1S/C20H26N6O/c1-24(2)19-16-7-10-26(20(27)15-6-9-25(3)12-15)13-17(16)22-18(23-19)14-5-4-8-21-11-14/h4-5,8,11,15H,6-7,9-10,12-13H2,1-3H3/t15-/m0/s1. The molecule has 1 fully saturated rings. The summed E-state index contributed by atoms with van der Waals surface area (Å²) in [4.78, 5) is 33.0. The molecule has 4 heterocycles. The molecule has 2 aliphatic heterocycles. The molecule has 0 aliphatic carbocycles. The Morgan fingerprint density at radius 1 is 1.26 bits per heavy atom. The van der Waals surface area contributed by atoms with Crippen LogP contribution in [0.5, 0.6) is 0 Å². The van der Waals surface area contributed by atoms with Crippen molar-refractivity contribution in [1.82, 2.24) is 24.8 Å². The molecule has 2 aromatic heterocycles. The Bertz CT molecular complexity index is 838. The maximum Gasteiger partial charge on any atom is 0.227 e. The Kier molecular flexibility index (Phi) is 4.78. The van der Waals surface area contributed by atoms with Crippen LogP contribution in [0.25, 0.3) is 11.4 Å². The minimum atomic E-state index is 0.115. The number of nitrogens with zero attached hydrogens (tertiary/aromatic N) is 6. The Morgan fingerprint density at radius 2 is 2.11 bits per heavy atom. The molecule has 1 saturated heterocycles. The number of hydrogen-bond acceptors (Lipinski definition) is 6. The third kappa shape index (κ3) is 3.51. The first-order chi connectivity index (χ1) is 13.0. The highest BCUT2D eigenvalue weighted by Gasteiger charge is 2.33. The molecule has 1 amide bonds. The molecule has 0 aromatic carbocycles. The first-order valence-corrected chi connectivity index (χ1v) is 9.48. The Morgan fingerprint density at radius 3 is 2.78 bits per heavy atom. The van der Waals surface area contributed by atoms with Crippen molar-refractivity contribution in [2.24, 2.45) is 5.92 Å². The fourth-order valence-electron chi connectivity index (χ4n) is 3.99. The zero-order valence-corrected chi connectivity index (χ0v) is 16.2. The maximum absolute atomic E-state index is 13.0. The van der Waals surface area contributed by atoms with E-state index in [4.69, 9.17) is 9.97 Å². The number of rotatable bonds is 3. The highest BCUT2D eigenvalue weighted by Crippen LogP contribution is 2.29. The van der Waals surface area contributed by atoms with E-state index < -0.39 is 0 Å². The van der Waals surface area contributed by atoms with Gasteiger partial charge in [0.1, 0.15) is 5.82 Å². The van der Waals surface area contributed by atoms with E-state index in [1.807, 2.05) is 36.0 Å². The van der Waals surface area contributed by atoms with Gasteiger partial charge in [-0.1, -0.05) is 0 Å². The van der Waals surface area contributed by atoms with Gasteiger partial charge in [-0.05, 0) is 38.6 Å². The molecule has 7 nitrogen and oxygen atoms in total. The van der Waals surface area contributed by atoms with Gasteiger partial charge in [0.05, 0.1) is 18.2 Å². The van der Waals surface area contributed by atoms with E-state index in [0.717, 1.165) is 55.1 Å². The van der Waals surface area contributed by atoms with Gasteiger partial charge in [-0.2, -0.15) is 0 Å². The van der Waals surface area contributed by atoms with Crippen LogP contribution in [0.4, 0.5) is 5.82 Å². The molecular formula is C20H26N6O. The SMILES string of the molecule is CN1CC[C@H](C(=O)N2CCc3c(nc(-c4cccnc4)nc3N(C)C)C2)C1. The van der Waals surface area contributed by atoms with Gasteiger partial charge in [0.15, 0.2) is 5.82 Å². The molecule has 2 aromatic rings. The van der Waals surface area contributed by atoms with E-state index in [0.29, 0.717) is 12.4 Å². The van der Waals surface area contributed by atoms with E-state index in [1.54, 1.807) is 12.4 Å². The minimum Gasteiger partial charge on any atom is -0.362 e. The molecule has 0 spiro atoms. The van der Waals surface area contributed by atoms with Crippen LogP contribution in [0.15, 0.2) is 24.5 Å². The molecule has 0 bridgehead atoms. The topological polar surface area (TPSA) is 65.5 Å². The Hall–Kier alpha value is -2.54. The van der Waals surface area contributed by atoms with Crippen LogP contribution in [0.3, 0.4) is 0 Å². The van der Waals surface area contributed by atoms with Crippen molar-refractivity contribution in [1.29, 1.82) is 0 Å². The first kappa shape index (κ1) is 17.9. The van der Waals surface area contributed by atoms with Crippen molar-refractivity contribution in [2.75, 3.05) is 45.7 Å². The lowest BCUT2D eigenvalue weighted by Crippen LogP contribution is -2.41. The lowest BCUT2D eigenvalue weighted by molar-refractivity contribution is -0.136. The molecule has 0 N–H and O–H groups in total. The second kappa shape index (κ2) is 7.23. The molecule has 142 valence electrons. The van der Waals surface area contributed by atoms with Gasteiger partial charge >= 0.3 is 0 Å². The highest BCUT2D eigenvalue weighted by atomic mass is 16.2. The van der Waals surface area contributed by atoms with Crippen molar-refractivity contribution in [3.05, 3.63) is 35.8 Å². The maximum atomic E-state index is 13.0. The third-order valence-electron chi connectivity index (χ3n) is 5.44. The number of carbonyl (C=O) groups excluding carboxylic acids is 1. The van der Waals surface area contributed by atoms with Crippen molar-refractivity contribution < 1.29 is 4.79 Å². The van der Waals surface area contributed by atoms with Gasteiger partial charge in [-0.25, -0.2) is 9.97 Å². The van der Waals surface area contributed by atoms with E-state index in [9.17, 15) is 4.79 Å². The molecule has 0 saturated carbocycles. The quantitative estimate of drug-likeness (QED) is 0.819. The predicted molar refractivity (Wildman–Crippen MR) is 104 cm³/mol. The van der Waals surface area contributed by atoms with Crippen LogP contribution >= 0.6 is 0 Å². The molecular weight excluding hydrogens is 340 g/mol. The van der Waals surface area contributed by atoms with Gasteiger partial charge in [-0.15, -0.1) is 0 Å². The van der Waals surface area contributed by atoms with Gasteiger partial charge in [0.2, 0.25) is 5.91 Å². The second-order valence-corrected chi connectivity index (χ2v) is 7.69. The van der Waals surface area contributed by atoms with E-state index in [-0.39, 0.29) is 11.8 Å². The van der Waals surface area contributed by atoms with Crippen molar-refractivity contribution in [2.45, 2.75) is 19.4 Å². The molecule has 2 aliphatic rings. The Labute approximate surface area is 160 Å². The number of aromatic nitrogens is 3. The van der Waals surface area contributed by atoms with Crippen LogP contribution in [-0.2, 0) is 17.8 Å². The largest absolute Gasteiger partial charge is 0.362 e. The monoisotopic (exact) mass is 366 g/mol. The van der Waals surface area contributed by atoms with Crippen LogP contribution in [0.2, 0.25) is 0 Å². The molecule has 7 heteroatoms. The zero-order valence-electron chi connectivity index (χ0n) is 16.2. The number of carbonyl (C=O) groups is 1. The van der Waals surface area contributed by atoms with Crippen molar-refractivity contribution in [3.63, 3.8) is 0 Å². The molecule has 27 heavy (non-hydrogen) atoms. The lowest BCUT2D eigenvalue weighted by atomic mass is 10.0. The molecule has 4 rings (SSSR count). The average molecular weight is 366 g/mol. The summed E-state index contributed by atoms with van der Waals surface area (Å²) in [5.74, 6) is 1.98. The normalized spacial score (nSPS) is 19.8. The number of fused-ring (bicyclic) bond motifs is 1. The highest BCUT2D eigenvalue weighted by molar-refractivity contribution is 5.80. The number of likely N-dealkylation sites (tertiary alicyclic amines) is 1. The third-order valence-corrected chi connectivity index (χ3v) is 5.44. The minimum absolute atomic E-state index is 0.115. The van der Waals surface area contributed by atoms with Crippen molar-refractivity contribution in [3.8, 4) is 11.4 Å². The number of pyridine rings is 1. The predicted octanol–water partition coefficient (Wildman–Crippen LogP) is 1.44. The fourth-order valence-corrected chi connectivity index (χ4v) is 3.99. The van der Waals surface area contributed by atoms with Crippen LogP contribution in [0, 0.1) is 5.92 Å². The smallest absolute Gasteiger partial charge is 0.227 e. The summed E-state index contributed by atoms with van der Waals surface area (Å²) < 4.78 is 0. The number of anilines is 1. The van der Waals surface area contributed by atoms with Gasteiger partial charge in [0, 0.05) is 50.7 Å². The summed E-state index contributed by atoms with van der Waals surface area (Å²) in [6, 6.07) is 3.86. The van der Waals surface area contributed by atoms with Crippen molar-refractivity contribution >= 4 is 11.7 Å². The van der Waals surface area contributed by atoms with Gasteiger partial charge in [-0.3, -0.25) is 9.78 Å².